The van der Waals surface area contributed by atoms with Crippen LogP contribution in [0.1, 0.15) is 18.9 Å². The lowest BCUT2D eigenvalue weighted by Gasteiger charge is -2.23. The highest BCUT2D eigenvalue weighted by Crippen LogP contribution is 2.22. The fourth-order valence-electron chi connectivity index (χ4n) is 2.51. The number of nitrogens with zero attached hydrogens (tertiary/aromatic N) is 1. The first-order chi connectivity index (χ1) is 8.25. The molecule has 0 bridgehead atoms. The lowest BCUT2D eigenvalue weighted by molar-refractivity contribution is 0.372. The predicted octanol–water partition coefficient (Wildman–Crippen LogP) is 1.91. The number of imidazole rings is 1. The van der Waals surface area contributed by atoms with Crippen LogP contribution in [0.5, 0.6) is 0 Å². The van der Waals surface area contributed by atoms with E-state index in [2.05, 4.69) is 10.3 Å². The number of piperidine rings is 1. The lowest BCUT2D eigenvalue weighted by atomic mass is 10.1. The number of fused-ring (bicyclic) bond motifs is 1. The predicted molar refractivity (Wildman–Crippen MR) is 68.7 cm³/mol. The summed E-state index contributed by atoms with van der Waals surface area (Å²) in [5.74, 6) is 0. The van der Waals surface area contributed by atoms with Crippen LogP contribution in [0.3, 0.4) is 0 Å². The second-order valence-electron chi connectivity index (χ2n) is 4.46. The Labute approximate surface area is 104 Å². The van der Waals surface area contributed by atoms with Crippen molar-refractivity contribution in [3.8, 4) is 0 Å². The van der Waals surface area contributed by atoms with Crippen LogP contribution in [-0.4, -0.2) is 22.6 Å². The topological polar surface area (TPSA) is 49.8 Å². The minimum Gasteiger partial charge on any atom is -0.315 e. The third-order valence-corrected chi connectivity index (χ3v) is 3.55. The maximum absolute atomic E-state index is 12.0. The molecular weight excluding hydrogens is 238 g/mol. The Morgan fingerprint density at radius 1 is 1.41 bits per heavy atom. The van der Waals surface area contributed by atoms with E-state index in [4.69, 9.17) is 11.6 Å². The Bertz CT molecular complexity index is 595. The number of nitrogens with one attached hydrogen (secondary N) is 2. The monoisotopic (exact) mass is 251 g/mol. The molecule has 1 fully saturated rings. The van der Waals surface area contributed by atoms with Gasteiger partial charge in [0.05, 0.1) is 17.1 Å². The molecule has 1 atom stereocenters. The van der Waals surface area contributed by atoms with Crippen LogP contribution in [0.15, 0.2) is 23.0 Å². The SMILES string of the molecule is O=c1[nH]c2ccc(Cl)cc2n1C1CCCNC1. The van der Waals surface area contributed by atoms with Crippen molar-refractivity contribution >= 4 is 22.6 Å². The molecule has 5 heteroatoms. The summed E-state index contributed by atoms with van der Waals surface area (Å²) >= 11 is 5.99. The van der Waals surface area contributed by atoms with Gasteiger partial charge in [-0.3, -0.25) is 4.57 Å². The zero-order chi connectivity index (χ0) is 11.8. The minimum absolute atomic E-state index is 0.0454. The molecule has 0 aliphatic carbocycles. The van der Waals surface area contributed by atoms with Gasteiger partial charge in [-0.15, -0.1) is 0 Å². The smallest absolute Gasteiger partial charge is 0.315 e. The standard InChI is InChI=1S/C12H14ClN3O/c13-8-3-4-10-11(6-8)16(12(17)15-10)9-2-1-5-14-7-9/h3-4,6,9,14H,1-2,5,7H2,(H,15,17). The second-order valence-corrected chi connectivity index (χ2v) is 4.90. The Morgan fingerprint density at radius 3 is 3.06 bits per heavy atom. The average Bonchev–Trinajstić information content (AvgIpc) is 2.65. The van der Waals surface area contributed by atoms with Crippen LogP contribution in [-0.2, 0) is 0 Å². The molecule has 17 heavy (non-hydrogen) atoms. The third kappa shape index (κ3) is 1.87. The van der Waals surface area contributed by atoms with Crippen LogP contribution < -0.4 is 11.0 Å². The number of hydrogen-bond donors (Lipinski definition) is 2. The zero-order valence-electron chi connectivity index (χ0n) is 9.37. The highest BCUT2D eigenvalue weighted by atomic mass is 35.5. The van der Waals surface area contributed by atoms with Gasteiger partial charge >= 0.3 is 5.69 Å². The molecule has 90 valence electrons. The maximum Gasteiger partial charge on any atom is 0.326 e. The minimum atomic E-state index is -0.0454. The summed E-state index contributed by atoms with van der Waals surface area (Å²) in [6.07, 6.45) is 2.14. The van der Waals surface area contributed by atoms with Gasteiger partial charge in [-0.2, -0.15) is 0 Å². The molecule has 0 radical (unpaired) electrons. The first-order valence-electron chi connectivity index (χ1n) is 5.86. The van der Waals surface area contributed by atoms with Gasteiger partial charge in [-0.25, -0.2) is 4.79 Å². The molecule has 1 aromatic carbocycles. The van der Waals surface area contributed by atoms with Crippen molar-refractivity contribution in [1.29, 1.82) is 0 Å². The van der Waals surface area contributed by atoms with E-state index in [1.54, 1.807) is 6.07 Å². The van der Waals surface area contributed by atoms with E-state index in [-0.39, 0.29) is 11.7 Å². The molecule has 0 spiro atoms. The molecule has 0 saturated carbocycles. The Hall–Kier alpha value is -1.26. The summed E-state index contributed by atoms with van der Waals surface area (Å²) in [5.41, 5.74) is 1.71. The summed E-state index contributed by atoms with van der Waals surface area (Å²) in [5, 5.41) is 3.98. The van der Waals surface area contributed by atoms with Crippen LogP contribution in [0.2, 0.25) is 5.02 Å². The van der Waals surface area contributed by atoms with Crippen molar-refractivity contribution in [3.63, 3.8) is 0 Å². The molecule has 1 aromatic heterocycles. The lowest BCUT2D eigenvalue weighted by Crippen LogP contribution is -2.35. The number of aromatic nitrogens is 2. The average molecular weight is 252 g/mol. The summed E-state index contributed by atoms with van der Waals surface area (Å²) in [7, 11) is 0. The van der Waals surface area contributed by atoms with E-state index in [1.165, 1.54) is 0 Å². The van der Waals surface area contributed by atoms with Gasteiger partial charge in [0, 0.05) is 11.6 Å². The summed E-state index contributed by atoms with van der Waals surface area (Å²) in [6.45, 7) is 1.88. The van der Waals surface area contributed by atoms with Crippen LogP contribution in [0, 0.1) is 0 Å². The molecule has 0 amide bonds. The van der Waals surface area contributed by atoms with E-state index in [9.17, 15) is 4.79 Å². The molecule has 2 aromatic rings. The number of benzene rings is 1. The molecule has 1 aliphatic heterocycles. The molecule has 3 rings (SSSR count). The highest BCUT2D eigenvalue weighted by Gasteiger charge is 2.19. The normalized spacial score (nSPS) is 20.9. The van der Waals surface area contributed by atoms with Crippen molar-refractivity contribution in [2.24, 2.45) is 0 Å². The molecule has 1 unspecified atom stereocenters. The van der Waals surface area contributed by atoms with E-state index < -0.39 is 0 Å². The molecule has 1 saturated heterocycles. The van der Waals surface area contributed by atoms with Gasteiger partial charge in [0.1, 0.15) is 0 Å². The third-order valence-electron chi connectivity index (χ3n) is 3.32. The van der Waals surface area contributed by atoms with Crippen molar-refractivity contribution in [1.82, 2.24) is 14.9 Å². The Balaban J connectivity index is 2.16. The van der Waals surface area contributed by atoms with Crippen molar-refractivity contribution in [2.75, 3.05) is 13.1 Å². The Kier molecular flexibility index (Phi) is 2.68. The van der Waals surface area contributed by atoms with Gasteiger partial charge in [-0.05, 0) is 37.6 Å². The molecule has 2 N–H and O–H groups in total. The zero-order valence-corrected chi connectivity index (χ0v) is 10.1. The van der Waals surface area contributed by atoms with Crippen LogP contribution >= 0.6 is 11.6 Å². The number of halogens is 1. The molecule has 1 aliphatic rings. The van der Waals surface area contributed by atoms with Crippen molar-refractivity contribution < 1.29 is 0 Å². The largest absolute Gasteiger partial charge is 0.326 e. The summed E-state index contributed by atoms with van der Waals surface area (Å²) < 4.78 is 1.83. The number of hydrogen-bond acceptors (Lipinski definition) is 2. The van der Waals surface area contributed by atoms with Gasteiger partial charge in [0.15, 0.2) is 0 Å². The van der Waals surface area contributed by atoms with Crippen LogP contribution in [0.4, 0.5) is 0 Å². The molecule has 2 heterocycles. The van der Waals surface area contributed by atoms with Gasteiger partial charge in [0.2, 0.25) is 0 Å². The number of H-pyrrole nitrogens is 1. The summed E-state index contributed by atoms with van der Waals surface area (Å²) in [6, 6.07) is 5.72. The quantitative estimate of drug-likeness (QED) is 0.814. The van der Waals surface area contributed by atoms with Crippen molar-refractivity contribution in [3.05, 3.63) is 33.7 Å². The fourth-order valence-corrected chi connectivity index (χ4v) is 2.68. The molecular formula is C12H14ClN3O. The van der Waals surface area contributed by atoms with E-state index in [1.807, 2.05) is 16.7 Å². The molecule has 4 nitrogen and oxygen atoms in total. The maximum atomic E-state index is 12.0. The Morgan fingerprint density at radius 2 is 2.29 bits per heavy atom. The van der Waals surface area contributed by atoms with Gasteiger partial charge < -0.3 is 10.3 Å². The fraction of sp³-hybridized carbons (Fsp3) is 0.417. The highest BCUT2D eigenvalue weighted by molar-refractivity contribution is 6.31. The van der Waals surface area contributed by atoms with Crippen LogP contribution in [0.25, 0.3) is 11.0 Å². The van der Waals surface area contributed by atoms with Gasteiger partial charge in [-0.1, -0.05) is 11.6 Å². The van der Waals surface area contributed by atoms with E-state index >= 15 is 0 Å². The summed E-state index contributed by atoms with van der Waals surface area (Å²) in [4.78, 5) is 14.9. The van der Waals surface area contributed by atoms with E-state index in [0.717, 1.165) is 37.0 Å². The number of aromatic amines is 1. The second kappa shape index (κ2) is 4.20. The first-order valence-corrected chi connectivity index (χ1v) is 6.24. The van der Waals surface area contributed by atoms with E-state index in [0.29, 0.717) is 5.02 Å². The first kappa shape index (κ1) is 10.9. The van der Waals surface area contributed by atoms with Gasteiger partial charge in [0.25, 0.3) is 0 Å². The number of rotatable bonds is 1. The van der Waals surface area contributed by atoms with Crippen molar-refractivity contribution in [2.45, 2.75) is 18.9 Å².